The first-order valence-electron chi connectivity index (χ1n) is 14.6. The highest BCUT2D eigenvalue weighted by Crippen LogP contribution is 2.51. The van der Waals surface area contributed by atoms with Crippen LogP contribution in [0.2, 0.25) is 0 Å². The van der Waals surface area contributed by atoms with Crippen LogP contribution >= 0.6 is 0 Å². The zero-order chi connectivity index (χ0) is 27.3. The van der Waals surface area contributed by atoms with Gasteiger partial charge in [-0.3, -0.25) is 0 Å². The van der Waals surface area contributed by atoms with Gasteiger partial charge in [0.05, 0.1) is 11.0 Å². The second-order valence-electron chi connectivity index (χ2n) is 12.2. The highest BCUT2D eigenvalue weighted by molar-refractivity contribution is 6.11. The number of hydrogen-bond donors (Lipinski definition) is 0. The van der Waals surface area contributed by atoms with Crippen molar-refractivity contribution >= 4 is 21.8 Å². The minimum atomic E-state index is -0.0388. The van der Waals surface area contributed by atoms with Crippen molar-refractivity contribution in [1.29, 1.82) is 0 Å². The lowest BCUT2D eigenvalue weighted by molar-refractivity contribution is 0.661. The van der Waals surface area contributed by atoms with E-state index >= 15 is 0 Å². The summed E-state index contributed by atoms with van der Waals surface area (Å²) in [5.41, 5.74) is 17.4. The van der Waals surface area contributed by atoms with Gasteiger partial charge < -0.3 is 4.57 Å². The van der Waals surface area contributed by atoms with Gasteiger partial charge in [0.25, 0.3) is 0 Å². The first kappa shape index (κ1) is 22.9. The molecule has 0 N–H and O–H groups in total. The molecule has 0 saturated carbocycles. The zero-order valence-electron chi connectivity index (χ0n) is 23.3. The Bertz CT molecular complexity index is 2190. The molecule has 0 unspecified atom stereocenters. The molecule has 0 radical (unpaired) electrons. The molecule has 0 spiro atoms. The van der Waals surface area contributed by atoms with Gasteiger partial charge >= 0.3 is 0 Å². The fourth-order valence-electron chi connectivity index (χ4n) is 7.66. The summed E-state index contributed by atoms with van der Waals surface area (Å²) < 4.78 is 2.49. The molecule has 0 fully saturated rings. The quantitative estimate of drug-likeness (QED) is 0.212. The molecule has 0 saturated heterocycles. The predicted octanol–water partition coefficient (Wildman–Crippen LogP) is 10.3. The van der Waals surface area contributed by atoms with E-state index in [0.29, 0.717) is 0 Å². The molecule has 1 aromatic heterocycles. The molecule has 194 valence electrons. The Kier molecular flexibility index (Phi) is 4.51. The maximum absolute atomic E-state index is 2.49. The molecule has 1 heteroatoms. The maximum Gasteiger partial charge on any atom is 0.0544 e. The standard InChI is InChI=1S/C40H29N/c1-40(2)35-17-8-6-14-30(35)33-23-34-31-15-7-9-18-37(31)41(38(34)24-36(33)40)28-20-19-26-21-27-13-10-16-29(39(27)32(26)22-28)25-11-4-3-5-12-25/h3-20,22-24H,21H2,1-2H3. The molecular weight excluding hydrogens is 494 g/mol. The van der Waals surface area contributed by atoms with Crippen LogP contribution < -0.4 is 0 Å². The van der Waals surface area contributed by atoms with Crippen molar-refractivity contribution in [2.45, 2.75) is 25.7 Å². The van der Waals surface area contributed by atoms with Gasteiger partial charge in [0, 0.05) is 21.9 Å². The molecule has 41 heavy (non-hydrogen) atoms. The number of nitrogens with zero attached hydrogens (tertiary/aromatic N) is 1. The van der Waals surface area contributed by atoms with Crippen LogP contribution in [0.1, 0.15) is 36.1 Å². The average molecular weight is 524 g/mol. The van der Waals surface area contributed by atoms with Crippen molar-refractivity contribution < 1.29 is 0 Å². The average Bonchev–Trinajstić information content (AvgIpc) is 3.62. The first-order valence-corrected chi connectivity index (χ1v) is 14.6. The second kappa shape index (κ2) is 8.08. The van der Waals surface area contributed by atoms with E-state index in [1.165, 1.54) is 83.1 Å². The molecule has 9 rings (SSSR count). The van der Waals surface area contributed by atoms with Gasteiger partial charge in [-0.1, -0.05) is 111 Å². The number of rotatable bonds is 2. The minimum absolute atomic E-state index is 0.0388. The van der Waals surface area contributed by atoms with E-state index in [-0.39, 0.29) is 5.41 Å². The first-order chi connectivity index (χ1) is 20.1. The van der Waals surface area contributed by atoms with Crippen LogP contribution in [0.15, 0.2) is 127 Å². The van der Waals surface area contributed by atoms with E-state index in [1.54, 1.807) is 0 Å². The summed E-state index contributed by atoms with van der Waals surface area (Å²) in [5.74, 6) is 0. The molecule has 6 aromatic carbocycles. The Morgan fingerprint density at radius 3 is 2.20 bits per heavy atom. The molecule has 1 nitrogen and oxygen atoms in total. The van der Waals surface area contributed by atoms with Crippen LogP contribution in [0.4, 0.5) is 0 Å². The third-order valence-electron chi connectivity index (χ3n) is 9.61. The summed E-state index contributed by atoms with van der Waals surface area (Å²) >= 11 is 0. The monoisotopic (exact) mass is 523 g/mol. The number of aromatic nitrogens is 1. The van der Waals surface area contributed by atoms with Crippen molar-refractivity contribution in [3.05, 3.63) is 150 Å². The molecule has 0 amide bonds. The lowest BCUT2D eigenvalue weighted by Crippen LogP contribution is -2.14. The lowest BCUT2D eigenvalue weighted by atomic mass is 9.82. The molecule has 0 bridgehead atoms. The summed E-state index contributed by atoms with van der Waals surface area (Å²) in [7, 11) is 0. The van der Waals surface area contributed by atoms with Crippen molar-refractivity contribution in [3.63, 3.8) is 0 Å². The molecular formula is C40H29N. The molecule has 2 aliphatic carbocycles. The van der Waals surface area contributed by atoms with Crippen molar-refractivity contribution in [2.24, 2.45) is 0 Å². The minimum Gasteiger partial charge on any atom is -0.309 e. The van der Waals surface area contributed by atoms with Crippen LogP contribution in [-0.4, -0.2) is 4.57 Å². The maximum atomic E-state index is 2.49. The third kappa shape index (κ3) is 3.06. The summed E-state index contributed by atoms with van der Waals surface area (Å²) in [4.78, 5) is 0. The number of fused-ring (bicyclic) bond motifs is 9. The van der Waals surface area contributed by atoms with E-state index in [0.717, 1.165) is 6.42 Å². The van der Waals surface area contributed by atoms with E-state index in [9.17, 15) is 0 Å². The zero-order valence-corrected chi connectivity index (χ0v) is 23.3. The number of hydrogen-bond acceptors (Lipinski definition) is 0. The summed E-state index contributed by atoms with van der Waals surface area (Å²) in [6.07, 6.45) is 0.985. The van der Waals surface area contributed by atoms with Gasteiger partial charge in [0.2, 0.25) is 0 Å². The van der Waals surface area contributed by atoms with Gasteiger partial charge in [-0.2, -0.15) is 0 Å². The molecule has 0 aliphatic heterocycles. The Labute approximate surface area is 240 Å². The Morgan fingerprint density at radius 2 is 1.29 bits per heavy atom. The summed E-state index contributed by atoms with van der Waals surface area (Å²) in [6.45, 7) is 4.74. The van der Waals surface area contributed by atoms with Gasteiger partial charge in [-0.15, -0.1) is 0 Å². The fourth-order valence-corrected chi connectivity index (χ4v) is 7.66. The second-order valence-corrected chi connectivity index (χ2v) is 12.2. The lowest BCUT2D eigenvalue weighted by Gasteiger charge is -2.21. The van der Waals surface area contributed by atoms with Crippen molar-refractivity contribution in [2.75, 3.05) is 0 Å². The highest BCUT2D eigenvalue weighted by atomic mass is 15.0. The van der Waals surface area contributed by atoms with Crippen molar-refractivity contribution in [1.82, 2.24) is 4.57 Å². The molecule has 7 aromatic rings. The molecule has 1 heterocycles. The van der Waals surface area contributed by atoms with E-state index in [4.69, 9.17) is 0 Å². The molecule has 2 aliphatic rings. The van der Waals surface area contributed by atoms with Crippen molar-refractivity contribution in [3.8, 4) is 39.1 Å². The number of benzene rings is 6. The third-order valence-corrected chi connectivity index (χ3v) is 9.61. The van der Waals surface area contributed by atoms with E-state index < -0.39 is 0 Å². The normalized spacial score (nSPS) is 14.2. The van der Waals surface area contributed by atoms with Gasteiger partial charge in [0.1, 0.15) is 0 Å². The fraction of sp³-hybridized carbons (Fsp3) is 0.100. The van der Waals surface area contributed by atoms with Gasteiger partial charge in [0.15, 0.2) is 0 Å². The largest absolute Gasteiger partial charge is 0.309 e. The van der Waals surface area contributed by atoms with Gasteiger partial charge in [-0.05, 0) is 92.4 Å². The van der Waals surface area contributed by atoms with E-state index in [2.05, 4.69) is 146 Å². The Morgan fingerprint density at radius 1 is 0.512 bits per heavy atom. The Hall–Kier alpha value is -4.88. The summed E-state index contributed by atoms with van der Waals surface area (Å²) in [5, 5.41) is 2.62. The van der Waals surface area contributed by atoms with Crippen LogP contribution in [0.25, 0.3) is 60.9 Å². The van der Waals surface area contributed by atoms with Crippen LogP contribution in [0.3, 0.4) is 0 Å². The highest BCUT2D eigenvalue weighted by Gasteiger charge is 2.36. The van der Waals surface area contributed by atoms with Crippen LogP contribution in [0, 0.1) is 0 Å². The van der Waals surface area contributed by atoms with E-state index in [1.807, 2.05) is 0 Å². The van der Waals surface area contributed by atoms with Crippen LogP contribution in [0.5, 0.6) is 0 Å². The smallest absolute Gasteiger partial charge is 0.0544 e. The van der Waals surface area contributed by atoms with Crippen LogP contribution in [-0.2, 0) is 11.8 Å². The Balaban J connectivity index is 1.31. The predicted molar refractivity (Wildman–Crippen MR) is 172 cm³/mol. The molecule has 0 atom stereocenters. The topological polar surface area (TPSA) is 4.93 Å². The van der Waals surface area contributed by atoms with Gasteiger partial charge in [-0.25, -0.2) is 0 Å². The summed E-state index contributed by atoms with van der Waals surface area (Å²) in [6, 6.07) is 47.5. The SMILES string of the molecule is CC1(C)c2ccccc2-c2cc3c4ccccc4n(-c4ccc5c(c4)-c4c(cccc4-c4ccccc4)C5)c3cc21. The number of para-hydroxylation sites is 1.